The second kappa shape index (κ2) is 6.90. The Labute approximate surface area is 155 Å². The zero-order valence-electron chi connectivity index (χ0n) is 12.1. The molecule has 4 aliphatic rings. The zero-order chi connectivity index (χ0) is 12.9. The van der Waals surface area contributed by atoms with Crippen LogP contribution in [0.3, 0.4) is 0 Å². The standard InChI is InChI=1S/C18H21.2ClH.Zr/c1-4-10-16-14(7-1)13-18(15-8-2-3-9-15)12-6-5-11-17(16)18;;;/h1-4,7-8,10,13-14,16-17H,5-6,9,11-12H2;2*1H;/q;;;+2/p-2. The van der Waals surface area contributed by atoms with Crippen LogP contribution in [0.25, 0.3) is 0 Å². The summed E-state index contributed by atoms with van der Waals surface area (Å²) in [6, 6.07) is 0. The van der Waals surface area contributed by atoms with Gasteiger partial charge in [-0.3, -0.25) is 0 Å². The van der Waals surface area contributed by atoms with Crippen LogP contribution in [0.2, 0.25) is 3.63 Å². The quantitative estimate of drug-likeness (QED) is 0.518. The molecule has 0 aromatic heterocycles. The average Bonchev–Trinajstić information content (AvgIpc) is 3.07. The fraction of sp³-hybridized carbons (Fsp3) is 0.556. The third-order valence-corrected chi connectivity index (χ3v) is 8.23. The molecular formula is C18H21Cl2Zr. The molecule has 0 aromatic carbocycles. The first-order valence-electron chi connectivity index (χ1n) is 7.76. The molecule has 3 heteroatoms. The normalized spacial score (nSPS) is 42.7. The van der Waals surface area contributed by atoms with Gasteiger partial charge in [0.2, 0.25) is 0 Å². The monoisotopic (exact) mass is 397 g/mol. The molecule has 2 fully saturated rings. The third-order valence-electron chi connectivity index (χ3n) is 6.01. The van der Waals surface area contributed by atoms with Gasteiger partial charge in [0.25, 0.3) is 0 Å². The molecule has 4 rings (SSSR count). The third kappa shape index (κ3) is 2.52. The fourth-order valence-corrected chi connectivity index (χ4v) is 7.41. The number of rotatable bonds is 1. The van der Waals surface area contributed by atoms with Gasteiger partial charge in [-0.1, -0.05) is 0 Å². The van der Waals surface area contributed by atoms with Crippen LogP contribution in [0.5, 0.6) is 0 Å². The van der Waals surface area contributed by atoms with Gasteiger partial charge in [0.05, 0.1) is 0 Å². The Morgan fingerprint density at radius 3 is 2.48 bits per heavy atom. The molecule has 2 saturated carbocycles. The van der Waals surface area contributed by atoms with Crippen molar-refractivity contribution in [2.24, 2.45) is 23.2 Å². The van der Waals surface area contributed by atoms with Gasteiger partial charge in [0.15, 0.2) is 0 Å². The fourth-order valence-electron chi connectivity index (χ4n) is 5.26. The molecular weight excluding hydrogens is 378 g/mol. The van der Waals surface area contributed by atoms with Gasteiger partial charge in [-0.05, 0) is 0 Å². The molecule has 0 N–H and O–H groups in total. The van der Waals surface area contributed by atoms with Crippen molar-refractivity contribution in [2.75, 3.05) is 0 Å². The van der Waals surface area contributed by atoms with E-state index >= 15 is 0 Å². The van der Waals surface area contributed by atoms with Crippen LogP contribution in [0.4, 0.5) is 0 Å². The predicted molar refractivity (Wildman–Crippen MR) is 75.2 cm³/mol. The Balaban J connectivity index is 0.000000807. The summed E-state index contributed by atoms with van der Waals surface area (Å²) < 4.78 is 0.905. The molecule has 0 bridgehead atoms. The summed E-state index contributed by atoms with van der Waals surface area (Å²) in [4.78, 5) is 0. The van der Waals surface area contributed by atoms with Gasteiger partial charge < -0.3 is 24.8 Å². The van der Waals surface area contributed by atoms with E-state index in [4.69, 9.17) is 0 Å². The summed E-state index contributed by atoms with van der Waals surface area (Å²) in [5, 5.41) is 0. The summed E-state index contributed by atoms with van der Waals surface area (Å²) in [6.07, 6.45) is 23.8. The van der Waals surface area contributed by atoms with Crippen molar-refractivity contribution >= 4 is 0 Å². The van der Waals surface area contributed by atoms with Crippen LogP contribution < -0.4 is 24.8 Å². The summed E-state index contributed by atoms with van der Waals surface area (Å²) in [6.45, 7) is 0. The van der Waals surface area contributed by atoms with Gasteiger partial charge in [-0.2, -0.15) is 0 Å². The molecule has 5 unspecified atom stereocenters. The van der Waals surface area contributed by atoms with Crippen molar-refractivity contribution in [1.29, 1.82) is 0 Å². The van der Waals surface area contributed by atoms with Crippen LogP contribution in [-0.2, 0) is 24.7 Å². The van der Waals surface area contributed by atoms with Crippen molar-refractivity contribution in [3.05, 3.63) is 48.1 Å². The second-order valence-corrected chi connectivity index (χ2v) is 8.15. The van der Waals surface area contributed by atoms with E-state index in [9.17, 15) is 0 Å². The number of hydrogen-bond acceptors (Lipinski definition) is 0. The Morgan fingerprint density at radius 1 is 1.00 bits per heavy atom. The van der Waals surface area contributed by atoms with E-state index in [0.29, 0.717) is 5.41 Å². The van der Waals surface area contributed by atoms with E-state index in [1.54, 1.807) is 30.3 Å². The van der Waals surface area contributed by atoms with E-state index in [-0.39, 0.29) is 24.8 Å². The molecule has 0 heterocycles. The minimum atomic E-state index is 0. The number of hydrogen-bond donors (Lipinski definition) is 0. The Kier molecular flexibility index (Phi) is 5.84. The predicted octanol–water partition coefficient (Wildman–Crippen LogP) is -1.24. The van der Waals surface area contributed by atoms with Crippen LogP contribution in [0.15, 0.2) is 48.1 Å². The molecule has 0 nitrogen and oxygen atoms in total. The molecule has 0 spiro atoms. The first-order valence-corrected chi connectivity index (χ1v) is 9.18. The average molecular weight is 399 g/mol. The number of fused-ring (bicyclic) bond motifs is 3. The van der Waals surface area contributed by atoms with Crippen molar-refractivity contribution in [2.45, 2.75) is 35.7 Å². The summed E-state index contributed by atoms with van der Waals surface area (Å²) >= 11 is 1.76. The maximum absolute atomic E-state index is 2.53. The molecule has 0 amide bonds. The van der Waals surface area contributed by atoms with Gasteiger partial charge >= 0.3 is 132 Å². The van der Waals surface area contributed by atoms with Crippen molar-refractivity contribution < 1.29 is 49.5 Å². The summed E-state index contributed by atoms with van der Waals surface area (Å²) in [7, 11) is 0. The first-order chi connectivity index (χ1) is 9.34. The van der Waals surface area contributed by atoms with E-state index in [2.05, 4.69) is 42.5 Å². The molecule has 111 valence electrons. The SMILES string of the molecule is [Cl-].[Cl-].[Zr+2][CH]1C2C=CC=CC2C2CCCCC12C1=CC=CC1. The van der Waals surface area contributed by atoms with Gasteiger partial charge in [-0.15, -0.1) is 0 Å². The van der Waals surface area contributed by atoms with Crippen LogP contribution in [-0.4, -0.2) is 0 Å². The summed E-state index contributed by atoms with van der Waals surface area (Å²) in [5.74, 6) is 2.58. The number of halogens is 2. The molecule has 5 atom stereocenters. The molecule has 0 aromatic rings. The summed E-state index contributed by atoms with van der Waals surface area (Å²) in [5.41, 5.74) is 2.32. The molecule has 4 aliphatic carbocycles. The Bertz CT molecular complexity index is 505. The van der Waals surface area contributed by atoms with Crippen molar-refractivity contribution in [3.8, 4) is 0 Å². The van der Waals surface area contributed by atoms with E-state index in [0.717, 1.165) is 21.4 Å². The van der Waals surface area contributed by atoms with E-state index < -0.39 is 0 Å². The maximum atomic E-state index is 2.53. The topological polar surface area (TPSA) is 0 Å². The Hall–Kier alpha value is 0.423. The molecule has 0 aliphatic heterocycles. The van der Waals surface area contributed by atoms with Gasteiger partial charge in [0.1, 0.15) is 0 Å². The van der Waals surface area contributed by atoms with Gasteiger partial charge in [0, 0.05) is 0 Å². The van der Waals surface area contributed by atoms with Crippen LogP contribution in [0.1, 0.15) is 32.1 Å². The van der Waals surface area contributed by atoms with Crippen molar-refractivity contribution in [3.63, 3.8) is 0 Å². The minimum absolute atomic E-state index is 0. The van der Waals surface area contributed by atoms with Crippen molar-refractivity contribution in [1.82, 2.24) is 0 Å². The number of allylic oxidation sites excluding steroid dienone is 8. The first kappa shape index (κ1) is 17.8. The molecule has 0 radical (unpaired) electrons. The van der Waals surface area contributed by atoms with Gasteiger partial charge in [-0.25, -0.2) is 0 Å². The second-order valence-electron chi connectivity index (χ2n) is 6.62. The zero-order valence-corrected chi connectivity index (χ0v) is 16.1. The molecule has 0 saturated heterocycles. The van der Waals surface area contributed by atoms with E-state index in [1.807, 2.05) is 0 Å². The van der Waals surface area contributed by atoms with Crippen LogP contribution in [0, 0.1) is 23.2 Å². The molecule has 21 heavy (non-hydrogen) atoms. The van der Waals surface area contributed by atoms with E-state index in [1.165, 1.54) is 32.1 Å². The van der Waals surface area contributed by atoms with Crippen LogP contribution >= 0.6 is 0 Å². The Morgan fingerprint density at radius 2 is 1.76 bits per heavy atom.